The van der Waals surface area contributed by atoms with Crippen LogP contribution in [0, 0.1) is 11.8 Å². The van der Waals surface area contributed by atoms with E-state index in [0.717, 1.165) is 23.3 Å². The number of thiophene rings is 1. The van der Waals surface area contributed by atoms with Gasteiger partial charge >= 0.3 is 5.97 Å². The number of ketones is 1. The van der Waals surface area contributed by atoms with E-state index in [1.165, 1.54) is 11.3 Å². The number of carbonyl (C=O) groups is 3. The number of hydrogen-bond donors (Lipinski definition) is 2. The summed E-state index contributed by atoms with van der Waals surface area (Å²) >= 11 is 7.35. The van der Waals surface area contributed by atoms with Gasteiger partial charge in [0, 0.05) is 38.4 Å². The van der Waals surface area contributed by atoms with Gasteiger partial charge in [-0.25, -0.2) is 0 Å². The van der Waals surface area contributed by atoms with Crippen molar-refractivity contribution in [3.05, 3.63) is 50.2 Å². The van der Waals surface area contributed by atoms with Crippen LogP contribution in [0.4, 0.5) is 5.69 Å². The van der Waals surface area contributed by atoms with Crippen molar-refractivity contribution in [3.63, 3.8) is 0 Å². The Hall–Kier alpha value is -2.22. The van der Waals surface area contributed by atoms with Gasteiger partial charge in [-0.2, -0.15) is 0 Å². The topological polar surface area (TPSA) is 92.7 Å². The molecule has 8 heteroatoms. The first kappa shape index (κ1) is 22.0. The first-order chi connectivity index (χ1) is 14.8. The molecular formula is C23H24ClNO5S. The molecule has 2 heterocycles. The van der Waals surface area contributed by atoms with Gasteiger partial charge in [-0.1, -0.05) is 24.4 Å². The summed E-state index contributed by atoms with van der Waals surface area (Å²) in [5, 5.41) is 13.0. The van der Waals surface area contributed by atoms with Crippen LogP contribution in [0.1, 0.15) is 64.4 Å². The van der Waals surface area contributed by atoms with Crippen molar-refractivity contribution >= 4 is 46.3 Å². The molecule has 31 heavy (non-hydrogen) atoms. The molecule has 1 aliphatic carbocycles. The van der Waals surface area contributed by atoms with E-state index in [0.29, 0.717) is 40.6 Å². The Bertz CT molecular complexity index is 1020. The van der Waals surface area contributed by atoms with E-state index in [2.05, 4.69) is 5.32 Å². The molecule has 1 fully saturated rings. The molecule has 2 aromatic rings. The quantitative estimate of drug-likeness (QED) is 0.613. The van der Waals surface area contributed by atoms with Crippen molar-refractivity contribution in [1.82, 2.24) is 0 Å². The van der Waals surface area contributed by atoms with Gasteiger partial charge in [-0.05, 0) is 44.0 Å². The van der Waals surface area contributed by atoms with E-state index < -0.39 is 17.8 Å². The number of carbonyl (C=O) groups excluding carboxylic acids is 2. The van der Waals surface area contributed by atoms with Crippen molar-refractivity contribution in [2.45, 2.75) is 51.7 Å². The Morgan fingerprint density at radius 2 is 1.84 bits per heavy atom. The molecule has 3 unspecified atom stereocenters. The second-order valence-electron chi connectivity index (χ2n) is 8.13. The first-order valence-electron chi connectivity index (χ1n) is 10.4. The third-order valence-corrected chi connectivity index (χ3v) is 7.56. The fraction of sp³-hybridized carbons (Fsp3) is 0.435. The number of rotatable bonds is 6. The van der Waals surface area contributed by atoms with Crippen molar-refractivity contribution in [2.75, 3.05) is 5.32 Å². The van der Waals surface area contributed by atoms with Gasteiger partial charge in [0.15, 0.2) is 0 Å². The Kier molecular flexibility index (Phi) is 6.46. The highest BCUT2D eigenvalue weighted by Crippen LogP contribution is 2.42. The predicted octanol–water partition coefficient (Wildman–Crippen LogP) is 5.25. The standard InChI is InChI=1S/C23H24ClNO5S/c1-12-20-19(11-30-12)31-18(10-17(26)15-4-2-3-5-16(15)23(28)29)21(20)22(27)25-14-8-6-13(24)7-9-14/h6-9,12,15-16H,2-5,10-11H2,1H3,(H,25,27)(H,28,29). The van der Waals surface area contributed by atoms with Gasteiger partial charge in [0.25, 0.3) is 5.91 Å². The number of anilines is 1. The van der Waals surface area contributed by atoms with E-state index >= 15 is 0 Å². The molecule has 4 rings (SSSR count). The maximum Gasteiger partial charge on any atom is 0.307 e. The van der Waals surface area contributed by atoms with Crippen LogP contribution >= 0.6 is 22.9 Å². The van der Waals surface area contributed by atoms with Crippen LogP contribution in [0.3, 0.4) is 0 Å². The average Bonchev–Trinajstić information content (AvgIpc) is 3.28. The highest BCUT2D eigenvalue weighted by molar-refractivity contribution is 7.12. The average molecular weight is 462 g/mol. The molecule has 2 N–H and O–H groups in total. The van der Waals surface area contributed by atoms with Crippen molar-refractivity contribution in [1.29, 1.82) is 0 Å². The largest absolute Gasteiger partial charge is 0.481 e. The molecule has 1 aromatic carbocycles. The Morgan fingerprint density at radius 3 is 2.52 bits per heavy atom. The minimum absolute atomic E-state index is 0.0716. The van der Waals surface area contributed by atoms with Crippen LogP contribution in [0.25, 0.3) is 0 Å². The van der Waals surface area contributed by atoms with E-state index in [1.807, 2.05) is 6.92 Å². The number of nitrogens with one attached hydrogen (secondary N) is 1. The monoisotopic (exact) mass is 461 g/mol. The summed E-state index contributed by atoms with van der Waals surface area (Å²) in [5.74, 6) is -2.43. The smallest absolute Gasteiger partial charge is 0.307 e. The van der Waals surface area contributed by atoms with Crippen LogP contribution in [0.15, 0.2) is 24.3 Å². The zero-order chi connectivity index (χ0) is 22.1. The van der Waals surface area contributed by atoms with Crippen LogP contribution in [0.5, 0.6) is 0 Å². The minimum Gasteiger partial charge on any atom is -0.481 e. The number of fused-ring (bicyclic) bond motifs is 1. The van der Waals surface area contributed by atoms with Crippen LogP contribution < -0.4 is 5.32 Å². The molecule has 6 nitrogen and oxygen atoms in total. The molecule has 0 spiro atoms. The normalized spacial score (nSPS) is 22.7. The first-order valence-corrected chi connectivity index (χ1v) is 11.6. The van der Waals surface area contributed by atoms with Gasteiger partial charge in [0.1, 0.15) is 5.78 Å². The molecule has 0 bridgehead atoms. The summed E-state index contributed by atoms with van der Waals surface area (Å²) in [7, 11) is 0. The summed E-state index contributed by atoms with van der Waals surface area (Å²) in [6.45, 7) is 2.31. The highest BCUT2D eigenvalue weighted by Gasteiger charge is 2.38. The number of aliphatic carboxylic acids is 1. The van der Waals surface area contributed by atoms with Crippen molar-refractivity contribution < 1.29 is 24.2 Å². The van der Waals surface area contributed by atoms with Crippen LogP contribution in [0.2, 0.25) is 5.02 Å². The summed E-state index contributed by atoms with van der Waals surface area (Å²) in [6.07, 6.45) is 2.65. The van der Waals surface area contributed by atoms with Gasteiger partial charge in [-0.15, -0.1) is 11.3 Å². The SMILES string of the molecule is CC1OCc2sc(CC(=O)C3CCCCC3C(=O)O)c(C(=O)Nc3ccc(Cl)cc3)c21. The maximum absolute atomic E-state index is 13.2. The number of hydrogen-bond acceptors (Lipinski definition) is 5. The summed E-state index contributed by atoms with van der Waals surface area (Å²) in [5.41, 5.74) is 1.92. The molecule has 1 aromatic heterocycles. The highest BCUT2D eigenvalue weighted by atomic mass is 35.5. The number of carboxylic acids is 1. The van der Waals surface area contributed by atoms with Gasteiger partial charge in [0.05, 0.1) is 24.2 Å². The fourth-order valence-electron chi connectivity index (χ4n) is 4.57. The molecule has 3 atom stereocenters. The number of carboxylic acid groups (broad SMARTS) is 1. The number of Topliss-reactive ketones (excluding diaryl/α,β-unsaturated/α-hetero) is 1. The molecule has 0 saturated heterocycles. The van der Waals surface area contributed by atoms with Crippen molar-refractivity contribution in [3.8, 4) is 0 Å². The lowest BCUT2D eigenvalue weighted by molar-refractivity contribution is -0.148. The molecule has 164 valence electrons. The Labute approximate surface area is 189 Å². The van der Waals surface area contributed by atoms with Gasteiger partial charge in [-0.3, -0.25) is 14.4 Å². The van der Waals surface area contributed by atoms with E-state index in [1.54, 1.807) is 24.3 Å². The van der Waals surface area contributed by atoms with Crippen LogP contribution in [-0.4, -0.2) is 22.8 Å². The Morgan fingerprint density at radius 1 is 1.16 bits per heavy atom. The minimum atomic E-state index is -0.908. The summed E-state index contributed by atoms with van der Waals surface area (Å²) in [6, 6.07) is 6.83. The number of halogens is 1. The summed E-state index contributed by atoms with van der Waals surface area (Å²) in [4.78, 5) is 39.6. The molecule has 1 saturated carbocycles. The van der Waals surface area contributed by atoms with E-state index in [-0.39, 0.29) is 24.2 Å². The number of amides is 1. The third kappa shape index (κ3) is 4.54. The van der Waals surface area contributed by atoms with Crippen molar-refractivity contribution in [2.24, 2.45) is 11.8 Å². The second kappa shape index (κ2) is 9.10. The zero-order valence-electron chi connectivity index (χ0n) is 17.2. The Balaban J connectivity index is 1.61. The van der Waals surface area contributed by atoms with Gasteiger partial charge in [0.2, 0.25) is 0 Å². The zero-order valence-corrected chi connectivity index (χ0v) is 18.7. The molecule has 0 radical (unpaired) electrons. The second-order valence-corrected chi connectivity index (χ2v) is 9.76. The fourth-order valence-corrected chi connectivity index (χ4v) is 6.01. The third-order valence-electron chi connectivity index (χ3n) is 6.13. The lowest BCUT2D eigenvalue weighted by Gasteiger charge is -2.27. The summed E-state index contributed by atoms with van der Waals surface area (Å²) < 4.78 is 5.70. The lowest BCUT2D eigenvalue weighted by atomic mass is 9.76. The molecule has 1 amide bonds. The van der Waals surface area contributed by atoms with E-state index in [9.17, 15) is 19.5 Å². The lowest BCUT2D eigenvalue weighted by Crippen LogP contribution is -2.33. The van der Waals surface area contributed by atoms with Gasteiger partial charge < -0.3 is 15.2 Å². The molecular weight excluding hydrogens is 438 g/mol. The molecule has 1 aliphatic heterocycles. The predicted molar refractivity (Wildman–Crippen MR) is 119 cm³/mol. The molecule has 2 aliphatic rings. The number of benzene rings is 1. The van der Waals surface area contributed by atoms with E-state index in [4.69, 9.17) is 16.3 Å². The van der Waals surface area contributed by atoms with Crippen LogP contribution in [-0.2, 0) is 27.4 Å². The number of ether oxygens (including phenoxy) is 1. The maximum atomic E-state index is 13.2.